The number of benzene rings is 1. The van der Waals surface area contributed by atoms with Crippen molar-refractivity contribution < 1.29 is 27.5 Å². The number of aromatic nitrogens is 2. The van der Waals surface area contributed by atoms with Crippen molar-refractivity contribution in [3.8, 4) is 5.75 Å². The van der Waals surface area contributed by atoms with Gasteiger partial charge >= 0.3 is 6.36 Å². The molecule has 0 fully saturated rings. The van der Waals surface area contributed by atoms with Gasteiger partial charge in [-0.15, -0.1) is 13.2 Å². The molecule has 2 rings (SSSR count). The Kier molecular flexibility index (Phi) is 6.31. The summed E-state index contributed by atoms with van der Waals surface area (Å²) in [7, 11) is 0. The average molecular weight is 414 g/mol. The lowest BCUT2D eigenvalue weighted by Gasteiger charge is -2.16. The molecule has 2 aromatic rings. The lowest BCUT2D eigenvalue weighted by Crippen LogP contribution is -2.36. The van der Waals surface area contributed by atoms with E-state index in [4.69, 9.17) is 11.5 Å². The van der Waals surface area contributed by atoms with Crippen LogP contribution in [0.25, 0.3) is 0 Å². The fraction of sp³-hybridized carbons (Fsp3) is 0.250. The molecule has 0 aliphatic heterocycles. The SMILES string of the molecule is CCC(Nc1nc(Nc2cccc(OC(F)(F)F)c2)c(C(N)=O)c(=O)[nH]1)C(N)=O. The molecule has 0 saturated heterocycles. The van der Waals surface area contributed by atoms with E-state index in [2.05, 4.69) is 25.3 Å². The second-order valence-electron chi connectivity index (χ2n) is 5.71. The van der Waals surface area contributed by atoms with Crippen LogP contribution in [0.5, 0.6) is 5.75 Å². The molecule has 1 atom stereocenters. The van der Waals surface area contributed by atoms with Crippen LogP contribution in [0.3, 0.4) is 0 Å². The highest BCUT2D eigenvalue weighted by Gasteiger charge is 2.31. The Morgan fingerprint density at radius 2 is 2.00 bits per heavy atom. The number of nitrogens with two attached hydrogens (primary N) is 2. The molecule has 0 bridgehead atoms. The van der Waals surface area contributed by atoms with Gasteiger partial charge in [-0.1, -0.05) is 13.0 Å². The van der Waals surface area contributed by atoms with Crippen LogP contribution >= 0.6 is 0 Å². The fourth-order valence-electron chi connectivity index (χ4n) is 2.31. The zero-order chi connectivity index (χ0) is 21.8. The maximum Gasteiger partial charge on any atom is 0.573 e. The summed E-state index contributed by atoms with van der Waals surface area (Å²) in [4.78, 5) is 41.4. The molecule has 0 saturated carbocycles. The van der Waals surface area contributed by atoms with Gasteiger partial charge in [-0.3, -0.25) is 19.4 Å². The van der Waals surface area contributed by atoms with Gasteiger partial charge in [0.15, 0.2) is 5.82 Å². The van der Waals surface area contributed by atoms with Crippen molar-refractivity contribution in [2.24, 2.45) is 11.5 Å². The Hall–Kier alpha value is -3.77. The van der Waals surface area contributed by atoms with Gasteiger partial charge in [0.2, 0.25) is 11.9 Å². The highest BCUT2D eigenvalue weighted by Crippen LogP contribution is 2.27. The molecular formula is C16H17F3N6O4. The molecule has 13 heteroatoms. The number of carbonyl (C=O) groups excluding carboxylic acids is 2. The van der Waals surface area contributed by atoms with E-state index in [9.17, 15) is 27.6 Å². The Balaban J connectivity index is 2.42. The predicted molar refractivity (Wildman–Crippen MR) is 96.7 cm³/mol. The number of nitrogens with one attached hydrogen (secondary N) is 3. The van der Waals surface area contributed by atoms with Crippen molar-refractivity contribution in [2.75, 3.05) is 10.6 Å². The number of hydrogen-bond donors (Lipinski definition) is 5. The lowest BCUT2D eigenvalue weighted by molar-refractivity contribution is -0.274. The standard InChI is InChI=1S/C16H17F3N6O4/c1-2-9(11(20)26)23-15-24-13(10(12(21)27)14(28)25-15)22-7-4-3-5-8(6-7)29-16(17,18)19/h3-6,9H,2H2,1H3,(H2,20,26)(H2,21,27)(H3,22,23,24,25,28). The summed E-state index contributed by atoms with van der Waals surface area (Å²) in [6, 6.07) is 3.77. The van der Waals surface area contributed by atoms with Gasteiger partial charge in [-0.2, -0.15) is 4.98 Å². The molecule has 1 unspecified atom stereocenters. The van der Waals surface area contributed by atoms with Crippen molar-refractivity contribution in [3.63, 3.8) is 0 Å². The number of halogens is 3. The third-order valence-corrected chi connectivity index (χ3v) is 3.56. The fourth-order valence-corrected chi connectivity index (χ4v) is 2.31. The van der Waals surface area contributed by atoms with E-state index in [1.54, 1.807) is 6.92 Å². The number of aromatic amines is 1. The number of hydrogen-bond acceptors (Lipinski definition) is 7. The smallest absolute Gasteiger partial charge is 0.406 e. The van der Waals surface area contributed by atoms with Crippen molar-refractivity contribution in [3.05, 3.63) is 40.2 Å². The molecular weight excluding hydrogens is 397 g/mol. The minimum atomic E-state index is -4.90. The molecule has 0 spiro atoms. The average Bonchev–Trinajstić information content (AvgIpc) is 2.57. The van der Waals surface area contributed by atoms with Gasteiger partial charge in [-0.05, 0) is 18.6 Å². The highest BCUT2D eigenvalue weighted by molar-refractivity contribution is 5.98. The van der Waals surface area contributed by atoms with Crippen LogP contribution in [-0.4, -0.2) is 34.2 Å². The van der Waals surface area contributed by atoms with E-state index in [1.165, 1.54) is 12.1 Å². The summed E-state index contributed by atoms with van der Waals surface area (Å²) in [5, 5.41) is 5.14. The first-order valence-corrected chi connectivity index (χ1v) is 8.13. The van der Waals surface area contributed by atoms with Crippen LogP contribution in [-0.2, 0) is 4.79 Å². The summed E-state index contributed by atoms with van der Waals surface area (Å²) in [5.41, 5.74) is 8.96. The maximum atomic E-state index is 12.4. The van der Waals surface area contributed by atoms with Gasteiger partial charge in [-0.25, -0.2) is 0 Å². The van der Waals surface area contributed by atoms with Crippen LogP contribution in [0.15, 0.2) is 29.1 Å². The summed E-state index contributed by atoms with van der Waals surface area (Å²) >= 11 is 0. The summed E-state index contributed by atoms with van der Waals surface area (Å²) < 4.78 is 41.0. The maximum absolute atomic E-state index is 12.4. The first kappa shape index (κ1) is 21.5. The number of primary amides is 2. The van der Waals surface area contributed by atoms with E-state index >= 15 is 0 Å². The van der Waals surface area contributed by atoms with E-state index in [-0.39, 0.29) is 23.9 Å². The van der Waals surface area contributed by atoms with Gasteiger partial charge in [0, 0.05) is 11.8 Å². The monoisotopic (exact) mass is 414 g/mol. The normalized spacial score (nSPS) is 12.1. The number of alkyl halides is 3. The quantitative estimate of drug-likeness (QED) is 0.433. The minimum absolute atomic E-state index is 0.0280. The molecule has 1 aromatic carbocycles. The molecule has 1 heterocycles. The molecule has 0 aliphatic rings. The first-order valence-electron chi connectivity index (χ1n) is 8.13. The van der Waals surface area contributed by atoms with Crippen LogP contribution in [0.4, 0.5) is 30.6 Å². The Morgan fingerprint density at radius 3 is 2.55 bits per heavy atom. The summed E-state index contributed by atoms with van der Waals surface area (Å²) in [5.74, 6) is -2.91. The summed E-state index contributed by atoms with van der Waals surface area (Å²) in [6.45, 7) is 1.66. The largest absolute Gasteiger partial charge is 0.573 e. The van der Waals surface area contributed by atoms with E-state index < -0.39 is 41.1 Å². The molecule has 0 radical (unpaired) electrons. The molecule has 1 aromatic heterocycles. The first-order chi connectivity index (χ1) is 13.5. The molecule has 0 aliphatic carbocycles. The van der Waals surface area contributed by atoms with Crippen molar-refractivity contribution in [2.45, 2.75) is 25.7 Å². The lowest BCUT2D eigenvalue weighted by atomic mass is 10.2. The Bertz CT molecular complexity index is 976. The highest BCUT2D eigenvalue weighted by atomic mass is 19.4. The number of H-pyrrole nitrogens is 1. The van der Waals surface area contributed by atoms with Crippen LogP contribution in [0.1, 0.15) is 23.7 Å². The second kappa shape index (κ2) is 8.50. The molecule has 156 valence electrons. The topological polar surface area (TPSA) is 165 Å². The molecule has 7 N–H and O–H groups in total. The molecule has 2 amide bonds. The number of nitrogens with zero attached hydrogens (tertiary/aromatic N) is 1. The van der Waals surface area contributed by atoms with Crippen LogP contribution in [0, 0.1) is 0 Å². The van der Waals surface area contributed by atoms with Crippen LogP contribution in [0.2, 0.25) is 0 Å². The molecule has 10 nitrogen and oxygen atoms in total. The van der Waals surface area contributed by atoms with Crippen molar-refractivity contribution >= 4 is 29.3 Å². The van der Waals surface area contributed by atoms with Crippen molar-refractivity contribution in [1.29, 1.82) is 0 Å². The van der Waals surface area contributed by atoms with Crippen LogP contribution < -0.4 is 32.4 Å². The minimum Gasteiger partial charge on any atom is -0.406 e. The Labute approximate surface area is 161 Å². The molecule has 29 heavy (non-hydrogen) atoms. The zero-order valence-corrected chi connectivity index (χ0v) is 15.0. The predicted octanol–water partition coefficient (Wildman–Crippen LogP) is 1.19. The number of rotatable bonds is 8. The number of anilines is 3. The number of amides is 2. The van der Waals surface area contributed by atoms with Gasteiger partial charge in [0.05, 0.1) is 0 Å². The third-order valence-electron chi connectivity index (χ3n) is 3.56. The zero-order valence-electron chi connectivity index (χ0n) is 15.0. The summed E-state index contributed by atoms with van der Waals surface area (Å²) in [6.07, 6.45) is -4.63. The Morgan fingerprint density at radius 1 is 1.31 bits per heavy atom. The third kappa shape index (κ3) is 5.85. The van der Waals surface area contributed by atoms with Gasteiger partial charge in [0.1, 0.15) is 17.4 Å². The van der Waals surface area contributed by atoms with Gasteiger partial charge < -0.3 is 26.8 Å². The van der Waals surface area contributed by atoms with E-state index in [1.807, 2.05) is 0 Å². The van der Waals surface area contributed by atoms with E-state index in [0.29, 0.717) is 0 Å². The second-order valence-corrected chi connectivity index (χ2v) is 5.71. The van der Waals surface area contributed by atoms with E-state index in [0.717, 1.165) is 12.1 Å². The number of ether oxygens (including phenoxy) is 1. The van der Waals surface area contributed by atoms with Crippen molar-refractivity contribution in [1.82, 2.24) is 9.97 Å². The number of carbonyl (C=O) groups is 2. The van der Waals surface area contributed by atoms with Gasteiger partial charge in [0.25, 0.3) is 11.5 Å².